The second kappa shape index (κ2) is 3.70. The molecule has 0 amide bonds. The average Bonchev–Trinajstić information content (AvgIpc) is 2.08. The van der Waals surface area contributed by atoms with Crippen molar-refractivity contribution in [3.8, 4) is 5.75 Å². The molecule has 0 aromatic heterocycles. The number of nitrogens with two attached hydrogens (primary N) is 2. The fourth-order valence-corrected chi connectivity index (χ4v) is 1.95. The molecular formula is C11H15FN2O. The van der Waals surface area contributed by atoms with E-state index in [1.165, 1.54) is 6.07 Å². The number of aromatic hydroxyl groups is 1. The molecule has 1 atom stereocenters. The summed E-state index contributed by atoms with van der Waals surface area (Å²) in [5.41, 5.74) is 11.9. The molecule has 0 saturated heterocycles. The number of halogens is 1. The smallest absolute Gasteiger partial charge is 0.143 e. The van der Waals surface area contributed by atoms with Crippen molar-refractivity contribution in [1.29, 1.82) is 0 Å². The minimum Gasteiger partial charge on any atom is -0.505 e. The Bertz CT molecular complexity index is 377. The van der Waals surface area contributed by atoms with Gasteiger partial charge in [-0.25, -0.2) is 4.39 Å². The van der Waals surface area contributed by atoms with Crippen LogP contribution in [0.25, 0.3) is 0 Å². The highest BCUT2D eigenvalue weighted by atomic mass is 19.1. The second-order valence-electron chi connectivity index (χ2n) is 4.15. The molecule has 15 heavy (non-hydrogen) atoms. The van der Waals surface area contributed by atoms with E-state index in [1.54, 1.807) is 0 Å². The maximum absolute atomic E-state index is 13.1. The Kier molecular flexibility index (Phi) is 2.52. The van der Waals surface area contributed by atoms with E-state index in [1.807, 2.05) is 0 Å². The minimum absolute atomic E-state index is 0.0553. The zero-order chi connectivity index (χ0) is 11.0. The average molecular weight is 210 g/mol. The first kappa shape index (κ1) is 10.2. The number of rotatable bonds is 2. The molecule has 0 bridgehead atoms. The van der Waals surface area contributed by atoms with Crippen LogP contribution in [0.3, 0.4) is 0 Å². The summed E-state index contributed by atoms with van der Waals surface area (Å²) < 4.78 is 13.1. The summed E-state index contributed by atoms with van der Waals surface area (Å²) in [5, 5.41) is 9.69. The molecule has 0 heterocycles. The van der Waals surface area contributed by atoms with Crippen molar-refractivity contribution in [2.75, 3.05) is 5.73 Å². The number of anilines is 1. The first-order valence-electron chi connectivity index (χ1n) is 5.13. The third-order valence-electron chi connectivity index (χ3n) is 3.15. The van der Waals surface area contributed by atoms with E-state index >= 15 is 0 Å². The molecule has 5 N–H and O–H groups in total. The Hall–Kier alpha value is -1.29. The van der Waals surface area contributed by atoms with Crippen LogP contribution in [0.1, 0.15) is 30.9 Å². The first-order valence-corrected chi connectivity index (χ1v) is 5.13. The van der Waals surface area contributed by atoms with Crippen molar-refractivity contribution in [3.05, 3.63) is 23.5 Å². The van der Waals surface area contributed by atoms with Gasteiger partial charge in [-0.1, -0.05) is 6.42 Å². The summed E-state index contributed by atoms with van der Waals surface area (Å²) in [7, 11) is 0. The quantitative estimate of drug-likeness (QED) is 0.515. The van der Waals surface area contributed by atoms with Crippen LogP contribution in [0.2, 0.25) is 0 Å². The van der Waals surface area contributed by atoms with Gasteiger partial charge in [0.05, 0.1) is 5.69 Å². The van der Waals surface area contributed by atoms with Gasteiger partial charge in [0, 0.05) is 17.7 Å². The summed E-state index contributed by atoms with van der Waals surface area (Å²) in [6.07, 6.45) is 3.23. The molecule has 4 heteroatoms. The summed E-state index contributed by atoms with van der Waals surface area (Å²) in [5.74, 6) is -0.178. The van der Waals surface area contributed by atoms with Crippen LogP contribution in [0.4, 0.5) is 10.1 Å². The van der Waals surface area contributed by atoms with Crippen LogP contribution >= 0.6 is 0 Å². The Balaban J connectivity index is 2.33. The van der Waals surface area contributed by atoms with Crippen molar-refractivity contribution in [3.63, 3.8) is 0 Å². The monoisotopic (exact) mass is 210 g/mol. The van der Waals surface area contributed by atoms with Gasteiger partial charge in [0.2, 0.25) is 0 Å². The second-order valence-corrected chi connectivity index (χ2v) is 4.15. The number of phenols is 1. The largest absolute Gasteiger partial charge is 0.505 e. The molecule has 1 aliphatic rings. The van der Waals surface area contributed by atoms with Gasteiger partial charge < -0.3 is 16.6 Å². The zero-order valence-corrected chi connectivity index (χ0v) is 8.41. The van der Waals surface area contributed by atoms with Gasteiger partial charge in [-0.05, 0) is 24.8 Å². The van der Waals surface area contributed by atoms with E-state index in [4.69, 9.17) is 11.5 Å². The zero-order valence-electron chi connectivity index (χ0n) is 8.41. The lowest BCUT2D eigenvalue weighted by molar-refractivity contribution is 0.260. The fraction of sp³-hybridized carbons (Fsp3) is 0.455. The lowest BCUT2D eigenvalue weighted by Gasteiger charge is -2.31. The highest BCUT2D eigenvalue weighted by Gasteiger charge is 2.28. The van der Waals surface area contributed by atoms with E-state index < -0.39 is 5.82 Å². The number of hydrogen-bond acceptors (Lipinski definition) is 3. The van der Waals surface area contributed by atoms with Gasteiger partial charge in [0.1, 0.15) is 11.6 Å². The van der Waals surface area contributed by atoms with Crippen LogP contribution in [-0.2, 0) is 0 Å². The van der Waals surface area contributed by atoms with Crippen LogP contribution in [0.15, 0.2) is 12.1 Å². The van der Waals surface area contributed by atoms with Gasteiger partial charge in [-0.3, -0.25) is 0 Å². The van der Waals surface area contributed by atoms with Crippen LogP contribution in [0, 0.1) is 11.7 Å². The highest BCUT2D eigenvalue weighted by Crippen LogP contribution is 2.40. The van der Waals surface area contributed by atoms with Gasteiger partial charge in [0.15, 0.2) is 0 Å². The molecule has 0 aliphatic heterocycles. The van der Waals surface area contributed by atoms with E-state index in [0.717, 1.165) is 25.3 Å². The molecule has 0 radical (unpaired) electrons. The molecule has 3 nitrogen and oxygen atoms in total. The van der Waals surface area contributed by atoms with E-state index in [-0.39, 0.29) is 17.5 Å². The molecule has 1 aromatic carbocycles. The standard InChI is InChI=1S/C11H15FN2O/c12-7-4-8(11(15)9(13)5-7)10(14)6-2-1-3-6/h4-6,10,15H,1-3,13-14H2/t10-/m0/s1. The summed E-state index contributed by atoms with van der Waals surface area (Å²) in [6.45, 7) is 0. The lowest BCUT2D eigenvalue weighted by atomic mass is 9.77. The molecule has 1 fully saturated rings. The SMILES string of the molecule is Nc1cc(F)cc([C@@H](N)C2CCC2)c1O. The third kappa shape index (κ3) is 1.77. The summed E-state index contributed by atoms with van der Waals surface area (Å²) in [6, 6.07) is 2.07. The number of hydrogen-bond donors (Lipinski definition) is 3. The minimum atomic E-state index is -0.449. The van der Waals surface area contributed by atoms with E-state index in [9.17, 15) is 9.50 Å². The van der Waals surface area contributed by atoms with Gasteiger partial charge in [-0.2, -0.15) is 0 Å². The van der Waals surface area contributed by atoms with Crippen LogP contribution < -0.4 is 11.5 Å². The first-order chi connectivity index (χ1) is 7.09. The molecular weight excluding hydrogens is 195 g/mol. The molecule has 0 spiro atoms. The van der Waals surface area contributed by atoms with Crippen molar-refractivity contribution in [1.82, 2.24) is 0 Å². The van der Waals surface area contributed by atoms with Gasteiger partial charge in [0.25, 0.3) is 0 Å². The molecule has 0 unspecified atom stereocenters. The third-order valence-corrected chi connectivity index (χ3v) is 3.15. The van der Waals surface area contributed by atoms with Gasteiger partial charge in [-0.15, -0.1) is 0 Å². The van der Waals surface area contributed by atoms with E-state index in [2.05, 4.69) is 0 Å². The predicted molar refractivity (Wildman–Crippen MR) is 56.7 cm³/mol. The number of phenolic OH excluding ortho intramolecular Hbond substituents is 1. The van der Waals surface area contributed by atoms with Crippen LogP contribution in [0.5, 0.6) is 5.75 Å². The van der Waals surface area contributed by atoms with Crippen molar-refractivity contribution in [2.24, 2.45) is 11.7 Å². The Morgan fingerprint density at radius 1 is 1.40 bits per heavy atom. The van der Waals surface area contributed by atoms with Crippen molar-refractivity contribution >= 4 is 5.69 Å². The molecule has 1 aliphatic carbocycles. The number of benzene rings is 1. The summed E-state index contributed by atoms with van der Waals surface area (Å²) >= 11 is 0. The molecule has 2 rings (SSSR count). The topological polar surface area (TPSA) is 72.3 Å². The van der Waals surface area contributed by atoms with Crippen molar-refractivity contribution in [2.45, 2.75) is 25.3 Å². The Labute approximate surface area is 87.9 Å². The maximum Gasteiger partial charge on any atom is 0.143 e. The molecule has 1 saturated carbocycles. The number of nitrogen functional groups attached to an aromatic ring is 1. The molecule has 82 valence electrons. The van der Waals surface area contributed by atoms with Crippen molar-refractivity contribution < 1.29 is 9.50 Å². The maximum atomic E-state index is 13.1. The lowest BCUT2D eigenvalue weighted by Crippen LogP contribution is -2.27. The van der Waals surface area contributed by atoms with Crippen LogP contribution in [-0.4, -0.2) is 5.11 Å². The van der Waals surface area contributed by atoms with E-state index in [0.29, 0.717) is 11.5 Å². The highest BCUT2D eigenvalue weighted by molar-refractivity contribution is 5.57. The normalized spacial score (nSPS) is 18.5. The Morgan fingerprint density at radius 3 is 2.60 bits per heavy atom. The summed E-state index contributed by atoms with van der Waals surface area (Å²) in [4.78, 5) is 0. The predicted octanol–water partition coefficient (Wildman–Crippen LogP) is 1.91. The molecule has 1 aromatic rings. The van der Waals surface area contributed by atoms with Gasteiger partial charge >= 0.3 is 0 Å². The fourth-order valence-electron chi connectivity index (χ4n) is 1.95. The Morgan fingerprint density at radius 2 is 2.07 bits per heavy atom.